The summed E-state index contributed by atoms with van der Waals surface area (Å²) in [7, 11) is 0. The Morgan fingerprint density at radius 2 is 1.79 bits per heavy atom. The Kier molecular flexibility index (Phi) is 10.7. The molecule has 1 aliphatic rings. The predicted molar refractivity (Wildman–Crippen MR) is 180 cm³/mol. The van der Waals surface area contributed by atoms with Gasteiger partial charge in [-0.05, 0) is 62.2 Å². The maximum absolute atomic E-state index is 14.0. The van der Waals surface area contributed by atoms with Gasteiger partial charge in [0.05, 0.1) is 26.4 Å². The zero-order valence-corrected chi connectivity index (χ0v) is 27.6. The lowest BCUT2D eigenvalue weighted by Crippen LogP contribution is -2.57. The number of aromatic hydroxyl groups is 1. The van der Waals surface area contributed by atoms with Crippen molar-refractivity contribution in [3.8, 4) is 28.1 Å². The maximum Gasteiger partial charge on any atom is 0.408 e. The molecule has 5 rings (SSSR count). The fraction of sp³-hybridized carbons (Fsp3) is 0.314. The largest absolute Gasteiger partial charge is 0.507 e. The molecule has 0 saturated carbocycles. The highest BCUT2D eigenvalue weighted by molar-refractivity contribution is 6.31. The number of carbonyl (C=O) groups excluding carboxylic acids is 3. The second-order valence-electron chi connectivity index (χ2n) is 12.2. The molecule has 1 aromatic heterocycles. The van der Waals surface area contributed by atoms with E-state index in [-0.39, 0.29) is 38.7 Å². The zero-order valence-electron chi connectivity index (χ0n) is 26.9. The number of anilines is 1. The molecule has 0 aliphatic carbocycles. The van der Waals surface area contributed by atoms with Gasteiger partial charge in [0.1, 0.15) is 29.1 Å². The summed E-state index contributed by atoms with van der Waals surface area (Å²) in [5.74, 6) is -0.925. The Bertz CT molecular complexity index is 1760. The molecule has 0 spiro atoms. The fourth-order valence-electron chi connectivity index (χ4n) is 5.31. The standard InChI is InChI=1S/C35H38ClN5O7/c1-35(2,3)48-34(46)38-30(23-7-5-4-6-8-23)33(45)41-16-18-47-21-28(41)32(44)37-25-12-9-22(10-13-25)27-20-40(15-17-42)39-31(27)26-19-24(36)11-14-29(26)43/h4-14,19-20,28,30,42-43H,15-18,21H2,1-3H3,(H,37,44)(H,38,46)/t28?,30-/m1/s1. The first-order chi connectivity index (χ1) is 22.9. The number of hydrogen-bond donors (Lipinski definition) is 4. The van der Waals surface area contributed by atoms with Gasteiger partial charge in [0.15, 0.2) is 0 Å². The van der Waals surface area contributed by atoms with Gasteiger partial charge >= 0.3 is 6.09 Å². The minimum atomic E-state index is -1.09. The molecule has 1 unspecified atom stereocenters. The van der Waals surface area contributed by atoms with Gasteiger partial charge in [-0.2, -0.15) is 5.10 Å². The molecule has 3 amide bonds. The number of benzene rings is 3. The Morgan fingerprint density at radius 3 is 2.48 bits per heavy atom. The topological polar surface area (TPSA) is 155 Å². The van der Waals surface area contributed by atoms with Crippen LogP contribution < -0.4 is 10.6 Å². The lowest BCUT2D eigenvalue weighted by molar-refractivity contribution is -0.148. The Labute approximate surface area is 283 Å². The van der Waals surface area contributed by atoms with Gasteiger partial charge in [-0.15, -0.1) is 0 Å². The first kappa shape index (κ1) is 34.4. The molecule has 1 fully saturated rings. The van der Waals surface area contributed by atoms with Crippen LogP contribution in [0.4, 0.5) is 10.5 Å². The number of ether oxygens (including phenoxy) is 2. The Hall–Kier alpha value is -4.91. The van der Waals surface area contributed by atoms with Crippen LogP contribution in [0.15, 0.2) is 79.0 Å². The third kappa shape index (κ3) is 8.32. The van der Waals surface area contributed by atoms with Crippen LogP contribution in [0.5, 0.6) is 5.75 Å². The summed E-state index contributed by atoms with van der Waals surface area (Å²) in [6, 6.07) is 18.4. The molecule has 1 saturated heterocycles. The van der Waals surface area contributed by atoms with Crippen molar-refractivity contribution in [2.45, 2.75) is 45.0 Å². The van der Waals surface area contributed by atoms with Gasteiger partial charge in [0.25, 0.3) is 5.91 Å². The van der Waals surface area contributed by atoms with Gasteiger partial charge in [-0.25, -0.2) is 4.79 Å². The van der Waals surface area contributed by atoms with E-state index in [0.29, 0.717) is 33.1 Å². The molecular formula is C35H38ClN5O7. The lowest BCUT2D eigenvalue weighted by atomic mass is 10.0. The summed E-state index contributed by atoms with van der Waals surface area (Å²) in [4.78, 5) is 41.8. The van der Waals surface area contributed by atoms with E-state index < -0.39 is 35.6 Å². The quantitative estimate of drug-likeness (QED) is 0.193. The van der Waals surface area contributed by atoms with Crippen LogP contribution >= 0.6 is 11.6 Å². The highest BCUT2D eigenvalue weighted by Gasteiger charge is 2.38. The molecule has 48 heavy (non-hydrogen) atoms. The van der Waals surface area contributed by atoms with Crippen molar-refractivity contribution < 1.29 is 34.1 Å². The fourth-order valence-corrected chi connectivity index (χ4v) is 5.49. The van der Waals surface area contributed by atoms with Crippen molar-refractivity contribution in [3.63, 3.8) is 0 Å². The van der Waals surface area contributed by atoms with Crippen molar-refractivity contribution in [1.29, 1.82) is 0 Å². The number of carbonyl (C=O) groups is 3. The molecule has 2 heterocycles. The SMILES string of the molecule is CC(C)(C)OC(=O)N[C@@H](C(=O)N1CCOCC1C(=O)Nc1ccc(-c2cn(CCO)nc2-c2cc(Cl)ccc2O)cc1)c1ccccc1. The molecule has 252 valence electrons. The van der Waals surface area contributed by atoms with E-state index in [1.807, 2.05) is 0 Å². The number of halogens is 1. The number of aromatic nitrogens is 2. The van der Waals surface area contributed by atoms with Crippen LogP contribution in [0.25, 0.3) is 22.4 Å². The predicted octanol–water partition coefficient (Wildman–Crippen LogP) is 5.00. The molecule has 2 atom stereocenters. The second kappa shape index (κ2) is 14.9. The van der Waals surface area contributed by atoms with Crippen LogP contribution in [0.3, 0.4) is 0 Å². The van der Waals surface area contributed by atoms with E-state index in [0.717, 1.165) is 5.56 Å². The van der Waals surface area contributed by atoms with Crippen LogP contribution in [0.1, 0.15) is 32.4 Å². The van der Waals surface area contributed by atoms with Gasteiger partial charge in [0.2, 0.25) is 5.91 Å². The Balaban J connectivity index is 1.36. The first-order valence-electron chi connectivity index (χ1n) is 15.4. The number of nitrogens with zero attached hydrogens (tertiary/aromatic N) is 3. The van der Waals surface area contributed by atoms with Crippen LogP contribution in [0, 0.1) is 0 Å². The van der Waals surface area contributed by atoms with Gasteiger partial charge in [-0.1, -0.05) is 54.1 Å². The molecule has 1 aliphatic heterocycles. The molecule has 3 aromatic carbocycles. The van der Waals surface area contributed by atoms with Crippen molar-refractivity contribution >= 4 is 35.2 Å². The molecule has 4 aromatic rings. The minimum Gasteiger partial charge on any atom is -0.507 e. The monoisotopic (exact) mass is 675 g/mol. The van der Waals surface area contributed by atoms with Gasteiger partial charge < -0.3 is 35.2 Å². The number of phenolic OH excluding ortho intramolecular Hbond substituents is 1. The summed E-state index contributed by atoms with van der Waals surface area (Å²) < 4.78 is 12.6. The number of alkyl carbamates (subject to hydrolysis) is 1. The number of rotatable bonds is 9. The van der Waals surface area contributed by atoms with E-state index in [4.69, 9.17) is 21.1 Å². The molecule has 12 nitrogen and oxygen atoms in total. The van der Waals surface area contributed by atoms with Gasteiger partial charge in [-0.3, -0.25) is 14.3 Å². The summed E-state index contributed by atoms with van der Waals surface area (Å²) in [6.07, 6.45) is 1.01. The van der Waals surface area contributed by atoms with E-state index in [9.17, 15) is 24.6 Å². The number of aliphatic hydroxyl groups excluding tert-OH is 1. The second-order valence-corrected chi connectivity index (χ2v) is 12.7. The van der Waals surface area contributed by atoms with Crippen LogP contribution in [-0.4, -0.2) is 80.8 Å². The minimum absolute atomic E-state index is 0.00313. The third-order valence-electron chi connectivity index (χ3n) is 7.52. The maximum atomic E-state index is 14.0. The average Bonchev–Trinajstić information content (AvgIpc) is 3.48. The molecule has 0 radical (unpaired) electrons. The normalized spacial score (nSPS) is 15.4. The van der Waals surface area contributed by atoms with Gasteiger partial charge in [0, 0.05) is 34.6 Å². The van der Waals surface area contributed by atoms with E-state index in [1.165, 1.54) is 11.0 Å². The molecular weight excluding hydrogens is 638 g/mol. The Morgan fingerprint density at radius 1 is 1.06 bits per heavy atom. The van der Waals surface area contributed by atoms with Crippen molar-refractivity contribution in [2.75, 3.05) is 31.7 Å². The summed E-state index contributed by atoms with van der Waals surface area (Å²) in [6.45, 7) is 5.66. The highest BCUT2D eigenvalue weighted by atomic mass is 35.5. The summed E-state index contributed by atoms with van der Waals surface area (Å²) in [5.41, 5.74) is 2.57. The van der Waals surface area contributed by atoms with Crippen LogP contribution in [0.2, 0.25) is 5.02 Å². The molecule has 0 bridgehead atoms. The van der Waals surface area contributed by atoms with Crippen molar-refractivity contribution in [2.24, 2.45) is 0 Å². The number of aliphatic hydroxyl groups is 1. The number of phenols is 1. The van der Waals surface area contributed by atoms with E-state index in [2.05, 4.69) is 15.7 Å². The van der Waals surface area contributed by atoms with Crippen LogP contribution in [-0.2, 0) is 25.6 Å². The number of morpholine rings is 1. The van der Waals surface area contributed by atoms with E-state index >= 15 is 0 Å². The number of nitrogens with one attached hydrogen (secondary N) is 2. The molecule has 4 N–H and O–H groups in total. The highest BCUT2D eigenvalue weighted by Crippen LogP contribution is 2.37. The number of hydrogen-bond acceptors (Lipinski definition) is 8. The zero-order chi connectivity index (χ0) is 34.4. The number of amides is 3. The molecule has 13 heteroatoms. The van der Waals surface area contributed by atoms with Crippen molar-refractivity contribution in [3.05, 3.63) is 89.6 Å². The summed E-state index contributed by atoms with van der Waals surface area (Å²) in [5, 5.41) is 30.6. The smallest absolute Gasteiger partial charge is 0.408 e. The summed E-state index contributed by atoms with van der Waals surface area (Å²) >= 11 is 6.21. The first-order valence-corrected chi connectivity index (χ1v) is 15.8. The third-order valence-corrected chi connectivity index (χ3v) is 7.76. The lowest BCUT2D eigenvalue weighted by Gasteiger charge is -2.37. The van der Waals surface area contributed by atoms with E-state index in [1.54, 1.807) is 98.4 Å². The average molecular weight is 676 g/mol. The van der Waals surface area contributed by atoms with Crippen molar-refractivity contribution in [1.82, 2.24) is 20.0 Å².